The highest BCUT2D eigenvalue weighted by Crippen LogP contribution is 2.22. The van der Waals surface area contributed by atoms with Crippen molar-refractivity contribution in [3.05, 3.63) is 54.4 Å². The zero-order chi connectivity index (χ0) is 20.8. The molecule has 2 amide bonds. The average molecular weight is 395 g/mol. The largest absolute Gasteiger partial charge is 0.480 e. The van der Waals surface area contributed by atoms with Crippen molar-refractivity contribution in [3.63, 3.8) is 0 Å². The first-order valence-electron chi connectivity index (χ1n) is 9.74. The van der Waals surface area contributed by atoms with Gasteiger partial charge < -0.3 is 14.9 Å². The Bertz CT molecular complexity index is 885. The second kappa shape index (κ2) is 9.32. The Morgan fingerprint density at radius 2 is 1.86 bits per heavy atom. The first-order chi connectivity index (χ1) is 14.0. The monoisotopic (exact) mass is 395 g/mol. The molecule has 0 aliphatic carbocycles. The van der Waals surface area contributed by atoms with Crippen molar-refractivity contribution in [2.75, 3.05) is 19.6 Å². The summed E-state index contributed by atoms with van der Waals surface area (Å²) in [5.74, 6) is -1.37. The van der Waals surface area contributed by atoms with Crippen LogP contribution in [0.2, 0.25) is 0 Å². The SMILES string of the molecule is CC(=O)N(CC(=O)O)C1CCCN(C(=O)c2cncc(-c3ccccc3)c2)CC1. The highest BCUT2D eigenvalue weighted by Gasteiger charge is 2.28. The van der Waals surface area contributed by atoms with Crippen LogP contribution in [0.15, 0.2) is 48.8 Å². The fraction of sp³-hybridized carbons (Fsp3) is 0.364. The number of carboxylic acids is 1. The number of carbonyl (C=O) groups is 3. The van der Waals surface area contributed by atoms with E-state index in [1.165, 1.54) is 11.8 Å². The number of aromatic nitrogens is 1. The molecule has 1 N–H and O–H groups in total. The quantitative estimate of drug-likeness (QED) is 0.841. The maximum atomic E-state index is 13.0. The van der Waals surface area contributed by atoms with Crippen LogP contribution < -0.4 is 0 Å². The Morgan fingerprint density at radius 3 is 2.55 bits per heavy atom. The lowest BCUT2D eigenvalue weighted by Crippen LogP contribution is -2.43. The molecular weight excluding hydrogens is 370 g/mol. The molecule has 1 saturated heterocycles. The normalized spacial score (nSPS) is 16.7. The Balaban J connectivity index is 1.71. The number of carbonyl (C=O) groups excluding carboxylic acids is 2. The Hall–Kier alpha value is -3.22. The van der Waals surface area contributed by atoms with Gasteiger partial charge in [-0.25, -0.2) is 0 Å². The number of rotatable bonds is 5. The fourth-order valence-electron chi connectivity index (χ4n) is 3.76. The van der Waals surface area contributed by atoms with Gasteiger partial charge >= 0.3 is 5.97 Å². The fourth-order valence-corrected chi connectivity index (χ4v) is 3.76. The van der Waals surface area contributed by atoms with Crippen LogP contribution >= 0.6 is 0 Å². The molecule has 1 aliphatic rings. The van der Waals surface area contributed by atoms with Crippen LogP contribution in [0.25, 0.3) is 11.1 Å². The molecule has 1 aromatic heterocycles. The van der Waals surface area contributed by atoms with Gasteiger partial charge in [0.1, 0.15) is 6.54 Å². The van der Waals surface area contributed by atoms with Gasteiger partial charge in [-0.15, -0.1) is 0 Å². The zero-order valence-electron chi connectivity index (χ0n) is 16.5. The molecule has 0 radical (unpaired) electrons. The lowest BCUT2D eigenvalue weighted by Gasteiger charge is -2.28. The molecule has 3 rings (SSSR count). The number of pyridine rings is 1. The Morgan fingerprint density at radius 1 is 1.10 bits per heavy atom. The van der Waals surface area contributed by atoms with Crippen LogP contribution in [-0.4, -0.2) is 63.4 Å². The molecular formula is C22H25N3O4. The molecule has 2 aromatic rings. The first kappa shape index (κ1) is 20.5. The molecule has 0 spiro atoms. The summed E-state index contributed by atoms with van der Waals surface area (Å²) in [6.45, 7) is 2.13. The van der Waals surface area contributed by atoms with E-state index in [1.54, 1.807) is 17.3 Å². The predicted molar refractivity (Wildman–Crippen MR) is 108 cm³/mol. The lowest BCUT2D eigenvalue weighted by molar-refractivity contribution is -0.145. The summed E-state index contributed by atoms with van der Waals surface area (Å²) in [6.07, 6.45) is 5.26. The maximum Gasteiger partial charge on any atom is 0.323 e. The molecule has 0 saturated carbocycles. The van der Waals surface area contributed by atoms with Crippen molar-refractivity contribution >= 4 is 17.8 Å². The number of benzene rings is 1. The van der Waals surface area contributed by atoms with Crippen molar-refractivity contribution in [1.29, 1.82) is 0 Å². The van der Waals surface area contributed by atoms with E-state index in [0.717, 1.165) is 11.1 Å². The second-order valence-corrected chi connectivity index (χ2v) is 7.25. The standard InChI is InChI=1S/C22H25N3O4/c1-16(26)25(15-21(27)28)20-8-5-10-24(11-9-20)22(29)19-12-18(13-23-14-19)17-6-3-2-4-7-17/h2-4,6-7,12-14,20H,5,8-11,15H2,1H3,(H,27,28). The van der Waals surface area contributed by atoms with Crippen LogP contribution in [-0.2, 0) is 9.59 Å². The smallest absolute Gasteiger partial charge is 0.323 e. The highest BCUT2D eigenvalue weighted by molar-refractivity contribution is 5.95. The van der Waals surface area contributed by atoms with E-state index in [0.29, 0.717) is 37.9 Å². The number of nitrogens with zero attached hydrogens (tertiary/aromatic N) is 3. The van der Waals surface area contributed by atoms with E-state index < -0.39 is 5.97 Å². The van der Waals surface area contributed by atoms with Gasteiger partial charge in [0.05, 0.1) is 5.56 Å². The van der Waals surface area contributed by atoms with Crippen molar-refractivity contribution < 1.29 is 19.5 Å². The number of hydrogen-bond acceptors (Lipinski definition) is 4. The van der Waals surface area contributed by atoms with E-state index >= 15 is 0 Å². The van der Waals surface area contributed by atoms with Crippen molar-refractivity contribution in [3.8, 4) is 11.1 Å². The van der Waals surface area contributed by atoms with E-state index in [-0.39, 0.29) is 24.4 Å². The van der Waals surface area contributed by atoms with Gasteiger partial charge in [-0.3, -0.25) is 19.4 Å². The summed E-state index contributed by atoms with van der Waals surface area (Å²) in [7, 11) is 0. The van der Waals surface area contributed by atoms with Crippen molar-refractivity contribution in [2.45, 2.75) is 32.2 Å². The van der Waals surface area contributed by atoms with Gasteiger partial charge in [-0.1, -0.05) is 30.3 Å². The van der Waals surface area contributed by atoms with Gasteiger partial charge in [0.15, 0.2) is 0 Å². The number of amides is 2. The van der Waals surface area contributed by atoms with Crippen molar-refractivity contribution in [1.82, 2.24) is 14.8 Å². The third-order valence-corrected chi connectivity index (χ3v) is 5.23. The Kier molecular flexibility index (Phi) is 6.59. The van der Waals surface area contributed by atoms with Gasteiger partial charge in [0, 0.05) is 44.0 Å². The van der Waals surface area contributed by atoms with E-state index in [4.69, 9.17) is 5.11 Å². The molecule has 29 heavy (non-hydrogen) atoms. The molecule has 1 fully saturated rings. The van der Waals surface area contributed by atoms with Crippen LogP contribution in [0.3, 0.4) is 0 Å². The molecule has 0 bridgehead atoms. The lowest BCUT2D eigenvalue weighted by atomic mass is 10.1. The number of carboxylic acid groups (broad SMARTS) is 1. The molecule has 1 unspecified atom stereocenters. The minimum absolute atomic E-state index is 0.0939. The van der Waals surface area contributed by atoms with Gasteiger partial charge in [0.25, 0.3) is 5.91 Å². The first-order valence-corrected chi connectivity index (χ1v) is 9.74. The summed E-state index contributed by atoms with van der Waals surface area (Å²) in [5, 5.41) is 9.08. The van der Waals surface area contributed by atoms with E-state index in [2.05, 4.69) is 4.98 Å². The van der Waals surface area contributed by atoms with Crippen LogP contribution in [0, 0.1) is 0 Å². The summed E-state index contributed by atoms with van der Waals surface area (Å²) >= 11 is 0. The Labute approximate surface area is 170 Å². The number of hydrogen-bond donors (Lipinski definition) is 1. The number of aliphatic carboxylic acids is 1. The molecule has 2 heterocycles. The third-order valence-electron chi connectivity index (χ3n) is 5.23. The highest BCUT2D eigenvalue weighted by atomic mass is 16.4. The summed E-state index contributed by atoms with van der Waals surface area (Å²) < 4.78 is 0. The van der Waals surface area contributed by atoms with Gasteiger partial charge in [0.2, 0.25) is 5.91 Å². The van der Waals surface area contributed by atoms with Crippen LogP contribution in [0.1, 0.15) is 36.5 Å². The summed E-state index contributed by atoms with van der Waals surface area (Å²) in [5.41, 5.74) is 2.41. The van der Waals surface area contributed by atoms with Crippen LogP contribution in [0.4, 0.5) is 0 Å². The molecule has 1 aromatic carbocycles. The number of likely N-dealkylation sites (tertiary alicyclic amines) is 1. The zero-order valence-corrected chi connectivity index (χ0v) is 16.5. The molecule has 152 valence electrons. The average Bonchev–Trinajstić information content (AvgIpc) is 2.98. The van der Waals surface area contributed by atoms with E-state index in [1.807, 2.05) is 36.4 Å². The molecule has 7 heteroatoms. The topological polar surface area (TPSA) is 90.8 Å². The van der Waals surface area contributed by atoms with E-state index in [9.17, 15) is 14.4 Å². The van der Waals surface area contributed by atoms with Gasteiger partial charge in [-0.05, 0) is 30.9 Å². The van der Waals surface area contributed by atoms with Crippen LogP contribution in [0.5, 0.6) is 0 Å². The second-order valence-electron chi connectivity index (χ2n) is 7.25. The minimum atomic E-state index is -1.03. The molecule has 7 nitrogen and oxygen atoms in total. The third kappa shape index (κ3) is 5.19. The predicted octanol–water partition coefficient (Wildman–Crippen LogP) is 2.68. The summed E-state index contributed by atoms with van der Waals surface area (Å²) in [4.78, 5) is 43.4. The molecule has 1 atom stereocenters. The summed E-state index contributed by atoms with van der Waals surface area (Å²) in [6, 6.07) is 11.4. The minimum Gasteiger partial charge on any atom is -0.480 e. The maximum absolute atomic E-state index is 13.0. The molecule has 1 aliphatic heterocycles. The van der Waals surface area contributed by atoms with Gasteiger partial charge in [-0.2, -0.15) is 0 Å². The van der Waals surface area contributed by atoms with Crippen molar-refractivity contribution in [2.24, 2.45) is 0 Å².